The summed E-state index contributed by atoms with van der Waals surface area (Å²) in [6, 6.07) is 14.5. The van der Waals surface area contributed by atoms with E-state index in [4.69, 9.17) is 25.8 Å². The van der Waals surface area contributed by atoms with Gasteiger partial charge in [0, 0.05) is 46.3 Å². The third-order valence-corrected chi connectivity index (χ3v) is 6.87. The number of hydrogen-bond donors (Lipinski definition) is 0. The van der Waals surface area contributed by atoms with E-state index < -0.39 is 6.09 Å². The van der Waals surface area contributed by atoms with Crippen molar-refractivity contribution in [3.8, 4) is 28.4 Å². The average molecular weight is 525 g/mol. The Labute approximate surface area is 221 Å². The predicted molar refractivity (Wildman–Crippen MR) is 145 cm³/mol. The van der Waals surface area contributed by atoms with E-state index in [0.717, 1.165) is 16.5 Å². The molecule has 37 heavy (non-hydrogen) atoms. The molecule has 0 aliphatic heterocycles. The quantitative estimate of drug-likeness (QED) is 0.242. The maximum absolute atomic E-state index is 14.9. The normalized spacial score (nSPS) is 11.0. The molecule has 194 valence electrons. The van der Waals surface area contributed by atoms with E-state index in [1.165, 1.54) is 0 Å². The lowest BCUT2D eigenvalue weighted by molar-refractivity contribution is 0.157. The van der Waals surface area contributed by atoms with Gasteiger partial charge in [-0.2, -0.15) is 0 Å². The molecule has 3 aromatic carbocycles. The number of benzene rings is 3. The van der Waals surface area contributed by atoms with Gasteiger partial charge >= 0.3 is 6.09 Å². The Morgan fingerprint density at radius 1 is 0.973 bits per heavy atom. The van der Waals surface area contributed by atoms with Crippen LogP contribution in [0, 0.1) is 12.7 Å². The van der Waals surface area contributed by atoms with Gasteiger partial charge in [-0.15, -0.1) is 0 Å². The summed E-state index contributed by atoms with van der Waals surface area (Å²) in [6.45, 7) is 6.83. The number of nitrogens with zero attached hydrogens (tertiary/aromatic N) is 2. The van der Waals surface area contributed by atoms with Crippen molar-refractivity contribution in [2.45, 2.75) is 27.3 Å². The van der Waals surface area contributed by atoms with Gasteiger partial charge in [0.25, 0.3) is 0 Å². The molecule has 0 fully saturated rings. The molecule has 0 spiro atoms. The van der Waals surface area contributed by atoms with Gasteiger partial charge < -0.3 is 23.7 Å². The molecular formula is C29H30ClFN2O4. The Bertz CT molecular complexity index is 1450. The van der Waals surface area contributed by atoms with Crippen LogP contribution in [-0.4, -0.2) is 42.9 Å². The summed E-state index contributed by atoms with van der Waals surface area (Å²) in [5, 5.41) is 1.20. The molecule has 8 heteroatoms. The molecule has 0 radical (unpaired) electrons. The van der Waals surface area contributed by atoms with Gasteiger partial charge in [-0.05, 0) is 68.3 Å². The minimum Gasteiger partial charge on any atom is -0.493 e. The molecule has 0 aliphatic carbocycles. The molecule has 4 rings (SSSR count). The number of aryl methyl sites for hydroxylation is 1. The van der Waals surface area contributed by atoms with Crippen molar-refractivity contribution < 1.29 is 23.4 Å². The van der Waals surface area contributed by atoms with Crippen molar-refractivity contribution in [1.29, 1.82) is 0 Å². The lowest BCUT2D eigenvalue weighted by Gasteiger charge is -2.20. The fourth-order valence-electron chi connectivity index (χ4n) is 4.44. The molecule has 0 aliphatic rings. The van der Waals surface area contributed by atoms with Gasteiger partial charge in [0.05, 0.1) is 20.8 Å². The Hall–Kier alpha value is -3.71. The number of halogens is 2. The van der Waals surface area contributed by atoms with Crippen LogP contribution < -0.4 is 14.2 Å². The van der Waals surface area contributed by atoms with Crippen molar-refractivity contribution in [2.24, 2.45) is 0 Å². The van der Waals surface area contributed by atoms with Crippen LogP contribution in [0.5, 0.6) is 17.2 Å². The zero-order valence-electron chi connectivity index (χ0n) is 21.6. The highest BCUT2D eigenvalue weighted by atomic mass is 35.5. The maximum Gasteiger partial charge on any atom is 0.415 e. The van der Waals surface area contributed by atoms with Crippen LogP contribution in [0.25, 0.3) is 22.0 Å². The zero-order valence-corrected chi connectivity index (χ0v) is 22.4. The molecule has 0 N–H and O–H groups in total. The number of hydrogen-bond acceptors (Lipinski definition) is 4. The van der Waals surface area contributed by atoms with Gasteiger partial charge in [-0.1, -0.05) is 23.7 Å². The summed E-state index contributed by atoms with van der Waals surface area (Å²) in [7, 11) is 3.14. The van der Waals surface area contributed by atoms with Crippen LogP contribution in [0.1, 0.15) is 25.0 Å². The Balaban J connectivity index is 1.88. The summed E-state index contributed by atoms with van der Waals surface area (Å²) in [6.07, 6.45) is 1.45. The minimum absolute atomic E-state index is 0.250. The standard InChI is InChI=1S/C29H30ClFN2O4/c1-6-32(7-2)29(34)37-25-13-11-23-20(27(25)19-9-12-24(35-4)26(16-19)36-5)14-15-33(23)17-21-22(30)10-8-18(3)28(21)31/h8-16H,6-7,17H2,1-5H3. The van der Waals surface area contributed by atoms with Crippen molar-refractivity contribution in [2.75, 3.05) is 27.3 Å². The Kier molecular flexibility index (Phi) is 7.93. The van der Waals surface area contributed by atoms with Crippen LogP contribution in [0.4, 0.5) is 9.18 Å². The minimum atomic E-state index is -0.431. The van der Waals surface area contributed by atoms with Gasteiger partial charge in [0.2, 0.25) is 0 Å². The fraction of sp³-hybridized carbons (Fsp3) is 0.276. The number of aromatic nitrogens is 1. The molecule has 0 atom stereocenters. The van der Waals surface area contributed by atoms with Crippen molar-refractivity contribution >= 4 is 28.6 Å². The van der Waals surface area contributed by atoms with Crippen molar-refractivity contribution in [3.05, 3.63) is 76.7 Å². The van der Waals surface area contributed by atoms with Crippen molar-refractivity contribution in [3.63, 3.8) is 0 Å². The molecule has 4 aromatic rings. The molecule has 6 nitrogen and oxygen atoms in total. The summed E-state index contributed by atoms with van der Waals surface area (Å²) in [4.78, 5) is 14.5. The van der Waals surface area contributed by atoms with Crippen LogP contribution in [-0.2, 0) is 6.54 Å². The van der Waals surface area contributed by atoms with E-state index in [1.54, 1.807) is 44.2 Å². The Morgan fingerprint density at radius 3 is 2.35 bits per heavy atom. The fourth-order valence-corrected chi connectivity index (χ4v) is 4.64. The van der Waals surface area contributed by atoms with Crippen molar-refractivity contribution in [1.82, 2.24) is 9.47 Å². The number of carbonyl (C=O) groups is 1. The number of rotatable bonds is 8. The second-order valence-electron chi connectivity index (χ2n) is 8.58. The number of carbonyl (C=O) groups excluding carboxylic acids is 1. The monoisotopic (exact) mass is 524 g/mol. The van der Waals surface area contributed by atoms with Crippen LogP contribution in [0.3, 0.4) is 0 Å². The van der Waals surface area contributed by atoms with E-state index in [9.17, 15) is 9.18 Å². The molecule has 0 saturated carbocycles. The third-order valence-electron chi connectivity index (χ3n) is 6.51. The first-order chi connectivity index (χ1) is 17.8. The van der Waals surface area contributed by atoms with Gasteiger partial charge in [-0.3, -0.25) is 0 Å². The lowest BCUT2D eigenvalue weighted by atomic mass is 10.00. The Morgan fingerprint density at radius 2 is 1.68 bits per heavy atom. The summed E-state index contributed by atoms with van der Waals surface area (Å²) in [5.41, 5.74) is 3.29. The first-order valence-electron chi connectivity index (χ1n) is 12.1. The zero-order chi connectivity index (χ0) is 26.7. The van der Waals surface area contributed by atoms with Crippen LogP contribution in [0.2, 0.25) is 5.02 Å². The van der Waals surface area contributed by atoms with Gasteiger partial charge in [-0.25, -0.2) is 9.18 Å². The average Bonchev–Trinajstić information content (AvgIpc) is 3.31. The van der Waals surface area contributed by atoms with E-state index in [-0.39, 0.29) is 12.4 Å². The van der Waals surface area contributed by atoms with Gasteiger partial charge in [0.1, 0.15) is 11.6 Å². The maximum atomic E-state index is 14.9. The predicted octanol–water partition coefficient (Wildman–Crippen LogP) is 7.32. The molecule has 1 amide bonds. The smallest absolute Gasteiger partial charge is 0.415 e. The summed E-state index contributed by atoms with van der Waals surface area (Å²) < 4.78 is 33.7. The molecule has 0 bridgehead atoms. The van der Waals surface area contributed by atoms with E-state index in [1.807, 2.05) is 54.9 Å². The molecule has 0 unspecified atom stereocenters. The third kappa shape index (κ3) is 5.09. The largest absolute Gasteiger partial charge is 0.493 e. The van der Waals surface area contributed by atoms with E-state index in [0.29, 0.717) is 52.1 Å². The lowest BCUT2D eigenvalue weighted by Crippen LogP contribution is -2.33. The topological polar surface area (TPSA) is 52.9 Å². The van der Waals surface area contributed by atoms with Gasteiger partial charge in [0.15, 0.2) is 11.5 Å². The highest BCUT2D eigenvalue weighted by molar-refractivity contribution is 6.31. The highest BCUT2D eigenvalue weighted by Crippen LogP contribution is 2.41. The second-order valence-corrected chi connectivity index (χ2v) is 8.99. The first kappa shape index (κ1) is 26.4. The molecule has 1 heterocycles. The molecule has 0 saturated heterocycles. The second kappa shape index (κ2) is 11.1. The molecule has 1 aromatic heterocycles. The molecular weight excluding hydrogens is 495 g/mol. The van der Waals surface area contributed by atoms with E-state index >= 15 is 0 Å². The number of amides is 1. The number of fused-ring (bicyclic) bond motifs is 1. The first-order valence-corrected chi connectivity index (χ1v) is 12.4. The highest BCUT2D eigenvalue weighted by Gasteiger charge is 2.21. The summed E-state index contributed by atoms with van der Waals surface area (Å²) in [5.74, 6) is 1.22. The van der Waals surface area contributed by atoms with Crippen LogP contribution in [0.15, 0.2) is 54.7 Å². The van der Waals surface area contributed by atoms with E-state index in [2.05, 4.69) is 0 Å². The SMILES string of the molecule is CCN(CC)C(=O)Oc1ccc2c(ccn2Cc2c(Cl)ccc(C)c2F)c1-c1ccc(OC)c(OC)c1. The van der Waals surface area contributed by atoms with Crippen LogP contribution >= 0.6 is 11.6 Å². The number of ether oxygens (including phenoxy) is 3. The number of methoxy groups -OCH3 is 2. The summed E-state index contributed by atoms with van der Waals surface area (Å²) >= 11 is 6.36.